The smallest absolute Gasteiger partial charge is 0.276 e. The van der Waals surface area contributed by atoms with E-state index < -0.39 is 11.8 Å². The minimum Gasteiger partial charge on any atom is -0.340 e. The molecule has 30 heavy (non-hydrogen) atoms. The first-order valence-corrected chi connectivity index (χ1v) is 9.84. The highest BCUT2D eigenvalue weighted by Crippen LogP contribution is 2.19. The van der Waals surface area contributed by atoms with Crippen molar-refractivity contribution in [1.82, 2.24) is 19.9 Å². The van der Waals surface area contributed by atoms with Crippen LogP contribution in [0.2, 0.25) is 0 Å². The molecule has 2 heterocycles. The Labute approximate surface area is 173 Å². The number of carbonyl (C=O) groups is 2. The molecule has 0 spiro atoms. The molecule has 0 aliphatic rings. The maximum atomic E-state index is 12.8. The number of para-hydroxylation sites is 3. The Balaban J connectivity index is 1.51. The summed E-state index contributed by atoms with van der Waals surface area (Å²) in [6.07, 6.45) is 4.28. The zero-order chi connectivity index (χ0) is 20.9. The Hall–Kier alpha value is -3.94. The van der Waals surface area contributed by atoms with Crippen molar-refractivity contribution in [3.05, 3.63) is 71.8 Å². The Morgan fingerprint density at radius 3 is 2.63 bits per heavy atom. The molecule has 4 rings (SSSR count). The number of aromatic amines is 2. The summed E-state index contributed by atoms with van der Waals surface area (Å²) in [5, 5.41) is 5.55. The maximum Gasteiger partial charge on any atom is 0.276 e. The van der Waals surface area contributed by atoms with Gasteiger partial charge in [0.1, 0.15) is 5.69 Å². The fourth-order valence-electron chi connectivity index (χ4n) is 3.23. The molecule has 0 saturated carbocycles. The van der Waals surface area contributed by atoms with E-state index in [2.05, 4.69) is 37.5 Å². The maximum absolute atomic E-state index is 12.8. The molecule has 0 aliphatic heterocycles. The van der Waals surface area contributed by atoms with Crippen molar-refractivity contribution in [1.29, 1.82) is 0 Å². The first-order valence-electron chi connectivity index (χ1n) is 9.84. The molecular weight excluding hydrogens is 380 g/mol. The number of aromatic nitrogens is 4. The third kappa shape index (κ3) is 4.07. The van der Waals surface area contributed by atoms with Gasteiger partial charge in [0.25, 0.3) is 11.8 Å². The molecule has 0 bridgehead atoms. The van der Waals surface area contributed by atoms with Gasteiger partial charge in [0.2, 0.25) is 5.95 Å². The van der Waals surface area contributed by atoms with Crippen molar-refractivity contribution in [2.75, 3.05) is 10.6 Å². The van der Waals surface area contributed by atoms with E-state index in [9.17, 15) is 9.59 Å². The fourth-order valence-corrected chi connectivity index (χ4v) is 3.23. The number of aryl methyl sites for hydroxylation is 1. The number of nitrogens with zero attached hydrogens (tertiary/aromatic N) is 2. The number of benzene rings is 2. The topological polar surface area (TPSA) is 116 Å². The van der Waals surface area contributed by atoms with Crippen LogP contribution >= 0.6 is 0 Å². The van der Waals surface area contributed by atoms with Crippen LogP contribution in [0.4, 0.5) is 11.6 Å². The molecule has 0 atom stereocenters. The van der Waals surface area contributed by atoms with Gasteiger partial charge in [0, 0.05) is 5.69 Å². The summed E-state index contributed by atoms with van der Waals surface area (Å²) in [7, 11) is 0. The van der Waals surface area contributed by atoms with Gasteiger partial charge < -0.3 is 15.3 Å². The van der Waals surface area contributed by atoms with Gasteiger partial charge in [-0.15, -0.1) is 0 Å². The van der Waals surface area contributed by atoms with Crippen LogP contribution in [0.25, 0.3) is 11.0 Å². The van der Waals surface area contributed by atoms with Crippen molar-refractivity contribution in [3.63, 3.8) is 0 Å². The highest BCUT2D eigenvalue weighted by Gasteiger charge is 2.22. The number of unbranched alkanes of at least 4 members (excludes halogenated alkanes) is 1. The first-order chi connectivity index (χ1) is 14.7. The summed E-state index contributed by atoms with van der Waals surface area (Å²) < 4.78 is 0. The lowest BCUT2D eigenvalue weighted by molar-refractivity contribution is 0.0985. The van der Waals surface area contributed by atoms with Crippen molar-refractivity contribution in [2.45, 2.75) is 26.2 Å². The summed E-state index contributed by atoms with van der Waals surface area (Å²) in [4.78, 5) is 39.7. The second kappa shape index (κ2) is 8.60. The first kappa shape index (κ1) is 19.4. The van der Waals surface area contributed by atoms with Gasteiger partial charge in [-0.3, -0.25) is 14.9 Å². The normalized spacial score (nSPS) is 10.8. The number of imidazole rings is 2. The zero-order valence-electron chi connectivity index (χ0n) is 16.5. The molecule has 4 N–H and O–H groups in total. The van der Waals surface area contributed by atoms with E-state index in [1.54, 1.807) is 0 Å². The summed E-state index contributed by atoms with van der Waals surface area (Å²) in [6.45, 7) is 2.12. The molecule has 2 aromatic heterocycles. The molecule has 2 amide bonds. The SMILES string of the molecule is CCCCc1ccccc1NC(=O)c1nc[nH]c1C(=O)Nc1nc2ccccc2[nH]1. The minimum absolute atomic E-state index is 0.0221. The Morgan fingerprint density at radius 1 is 1.00 bits per heavy atom. The summed E-state index contributed by atoms with van der Waals surface area (Å²) in [6, 6.07) is 15.1. The summed E-state index contributed by atoms with van der Waals surface area (Å²) in [5.41, 5.74) is 3.41. The van der Waals surface area contributed by atoms with E-state index in [0.717, 1.165) is 41.5 Å². The quantitative estimate of drug-likeness (QED) is 0.372. The van der Waals surface area contributed by atoms with Crippen molar-refractivity contribution < 1.29 is 9.59 Å². The third-order valence-electron chi connectivity index (χ3n) is 4.77. The minimum atomic E-state index is -0.504. The average molecular weight is 402 g/mol. The molecule has 4 aromatic rings. The Bertz CT molecular complexity index is 1160. The van der Waals surface area contributed by atoms with Gasteiger partial charge in [0.15, 0.2) is 5.69 Å². The number of amides is 2. The number of hydrogen-bond donors (Lipinski definition) is 4. The number of H-pyrrole nitrogens is 2. The van der Waals surface area contributed by atoms with Crippen LogP contribution < -0.4 is 10.6 Å². The largest absolute Gasteiger partial charge is 0.340 e. The van der Waals surface area contributed by atoms with Crippen LogP contribution in [0.5, 0.6) is 0 Å². The van der Waals surface area contributed by atoms with Gasteiger partial charge in [-0.05, 0) is 36.6 Å². The van der Waals surface area contributed by atoms with E-state index in [0.29, 0.717) is 5.95 Å². The molecule has 0 radical (unpaired) electrons. The molecule has 0 aliphatic carbocycles. The fraction of sp³-hybridized carbons (Fsp3) is 0.182. The highest BCUT2D eigenvalue weighted by atomic mass is 16.2. The monoisotopic (exact) mass is 402 g/mol. The standard InChI is InChI=1S/C22H22N6O2/c1-2-3-8-14-9-4-5-10-15(14)25-20(29)18-19(24-13-23-18)21(30)28-22-26-16-11-6-7-12-17(16)27-22/h4-7,9-13H,2-3,8H2,1H3,(H,23,24)(H,25,29)(H2,26,27,28,30). The Kier molecular flexibility index (Phi) is 5.56. The van der Waals surface area contributed by atoms with E-state index in [1.165, 1.54) is 6.33 Å². The van der Waals surface area contributed by atoms with Gasteiger partial charge in [0.05, 0.1) is 17.4 Å². The highest BCUT2D eigenvalue weighted by molar-refractivity contribution is 6.13. The predicted octanol–water partition coefficient (Wildman–Crippen LogP) is 4.13. The molecule has 2 aromatic carbocycles. The number of carbonyl (C=O) groups excluding carboxylic acids is 2. The van der Waals surface area contributed by atoms with Gasteiger partial charge in [-0.2, -0.15) is 0 Å². The van der Waals surface area contributed by atoms with E-state index >= 15 is 0 Å². The lowest BCUT2D eigenvalue weighted by atomic mass is 10.1. The predicted molar refractivity (Wildman–Crippen MR) is 116 cm³/mol. The molecule has 0 fully saturated rings. The number of rotatable bonds is 7. The Morgan fingerprint density at radius 2 is 1.80 bits per heavy atom. The van der Waals surface area contributed by atoms with Gasteiger partial charge >= 0.3 is 0 Å². The molecular formula is C22H22N6O2. The molecule has 8 heteroatoms. The number of anilines is 2. The molecule has 0 unspecified atom stereocenters. The van der Waals surface area contributed by atoms with Crippen molar-refractivity contribution in [2.24, 2.45) is 0 Å². The molecule has 0 saturated heterocycles. The molecule has 152 valence electrons. The van der Waals surface area contributed by atoms with Crippen molar-refractivity contribution >= 4 is 34.5 Å². The average Bonchev–Trinajstić information content (AvgIpc) is 3.39. The molecule has 8 nitrogen and oxygen atoms in total. The second-order valence-corrected chi connectivity index (χ2v) is 6.90. The van der Waals surface area contributed by atoms with Gasteiger partial charge in [-0.25, -0.2) is 9.97 Å². The van der Waals surface area contributed by atoms with E-state index in [1.807, 2.05) is 48.5 Å². The van der Waals surface area contributed by atoms with Crippen LogP contribution in [0.15, 0.2) is 54.9 Å². The van der Waals surface area contributed by atoms with Crippen LogP contribution in [0.3, 0.4) is 0 Å². The second-order valence-electron chi connectivity index (χ2n) is 6.90. The van der Waals surface area contributed by atoms with Crippen LogP contribution in [0.1, 0.15) is 46.3 Å². The number of fused-ring (bicyclic) bond motifs is 1. The summed E-state index contributed by atoms with van der Waals surface area (Å²) in [5.74, 6) is -0.655. The lowest BCUT2D eigenvalue weighted by Gasteiger charge is -2.10. The lowest BCUT2D eigenvalue weighted by Crippen LogP contribution is -2.21. The number of hydrogen-bond acceptors (Lipinski definition) is 4. The van der Waals surface area contributed by atoms with Gasteiger partial charge in [-0.1, -0.05) is 43.7 Å². The zero-order valence-corrected chi connectivity index (χ0v) is 16.5. The van der Waals surface area contributed by atoms with Crippen LogP contribution in [-0.2, 0) is 6.42 Å². The van der Waals surface area contributed by atoms with Crippen LogP contribution in [-0.4, -0.2) is 31.8 Å². The number of nitrogens with one attached hydrogen (secondary N) is 4. The third-order valence-corrected chi connectivity index (χ3v) is 4.77. The van der Waals surface area contributed by atoms with Crippen molar-refractivity contribution in [3.8, 4) is 0 Å². The van der Waals surface area contributed by atoms with E-state index in [4.69, 9.17) is 0 Å². The summed E-state index contributed by atoms with van der Waals surface area (Å²) >= 11 is 0. The van der Waals surface area contributed by atoms with E-state index in [-0.39, 0.29) is 11.4 Å². The van der Waals surface area contributed by atoms with Crippen LogP contribution in [0, 0.1) is 0 Å².